The molecule has 0 radical (unpaired) electrons. The van der Waals surface area contributed by atoms with Gasteiger partial charge >= 0.3 is 0 Å². The van der Waals surface area contributed by atoms with Gasteiger partial charge in [0, 0.05) is 10.6 Å². The molecule has 0 spiro atoms. The number of ketones is 1. The summed E-state index contributed by atoms with van der Waals surface area (Å²) in [4.78, 5) is 11.3. The molecule has 0 aliphatic heterocycles. The van der Waals surface area contributed by atoms with Crippen molar-refractivity contribution in [3.8, 4) is 5.75 Å². The zero-order valence-electron chi connectivity index (χ0n) is 10.0. The molecule has 2 aromatic rings. The lowest BCUT2D eigenvalue weighted by molar-refractivity contribution is 0.101. The number of carbonyl (C=O) groups excluding carboxylic acids is 1. The van der Waals surface area contributed by atoms with E-state index >= 15 is 0 Å². The molecule has 92 valence electrons. The smallest absolute Gasteiger partial charge is 0.159 e. The number of hydrogen-bond donors (Lipinski definition) is 0. The van der Waals surface area contributed by atoms with Gasteiger partial charge in [-0.25, -0.2) is 0 Å². The Morgan fingerprint density at radius 3 is 2.56 bits per heavy atom. The van der Waals surface area contributed by atoms with Crippen molar-refractivity contribution < 1.29 is 9.53 Å². The highest BCUT2D eigenvalue weighted by atomic mass is 35.5. The summed E-state index contributed by atoms with van der Waals surface area (Å²) in [5.41, 5.74) is 1.63. The van der Waals surface area contributed by atoms with Gasteiger partial charge in [0.15, 0.2) is 5.78 Å². The third kappa shape index (κ3) is 3.34. The first-order valence-corrected chi connectivity index (χ1v) is 6.01. The highest BCUT2D eigenvalue weighted by Crippen LogP contribution is 2.22. The highest BCUT2D eigenvalue weighted by Gasteiger charge is 2.04. The molecule has 0 aromatic heterocycles. The van der Waals surface area contributed by atoms with E-state index in [-0.39, 0.29) is 5.78 Å². The lowest BCUT2D eigenvalue weighted by Gasteiger charge is -2.08. The fourth-order valence-corrected chi connectivity index (χ4v) is 1.82. The second-order valence-electron chi connectivity index (χ2n) is 4.01. The van der Waals surface area contributed by atoms with Crippen LogP contribution in [0.3, 0.4) is 0 Å². The van der Waals surface area contributed by atoms with Gasteiger partial charge in [0.2, 0.25) is 0 Å². The van der Waals surface area contributed by atoms with Gasteiger partial charge in [-0.05, 0) is 30.7 Å². The number of hydrogen-bond acceptors (Lipinski definition) is 2. The molecular formula is C15H13ClO2. The van der Waals surface area contributed by atoms with E-state index in [1.54, 1.807) is 18.2 Å². The number of benzene rings is 2. The Hall–Kier alpha value is -1.80. The van der Waals surface area contributed by atoms with Gasteiger partial charge < -0.3 is 4.74 Å². The molecule has 0 fully saturated rings. The first-order valence-electron chi connectivity index (χ1n) is 5.63. The molecule has 0 N–H and O–H groups in total. The van der Waals surface area contributed by atoms with Crippen molar-refractivity contribution in [1.29, 1.82) is 0 Å². The van der Waals surface area contributed by atoms with Crippen LogP contribution in [0.25, 0.3) is 0 Å². The van der Waals surface area contributed by atoms with Gasteiger partial charge in [0.1, 0.15) is 12.4 Å². The molecule has 0 aliphatic carbocycles. The molecule has 2 nitrogen and oxygen atoms in total. The largest absolute Gasteiger partial charge is 0.489 e. The minimum atomic E-state index is -0.0259. The maximum Gasteiger partial charge on any atom is 0.159 e. The summed E-state index contributed by atoms with van der Waals surface area (Å²) in [5, 5.41) is 0.505. The summed E-state index contributed by atoms with van der Waals surface area (Å²) < 4.78 is 5.63. The van der Waals surface area contributed by atoms with Crippen LogP contribution in [0.2, 0.25) is 5.02 Å². The van der Waals surface area contributed by atoms with Crippen LogP contribution in [0.5, 0.6) is 5.75 Å². The maximum atomic E-state index is 11.3. The Kier molecular flexibility index (Phi) is 4.00. The van der Waals surface area contributed by atoms with Gasteiger partial charge in [-0.1, -0.05) is 41.9 Å². The molecule has 0 bridgehead atoms. The number of carbonyl (C=O) groups is 1. The summed E-state index contributed by atoms with van der Waals surface area (Å²) in [5.74, 6) is 0.582. The Balaban J connectivity index is 2.12. The minimum Gasteiger partial charge on any atom is -0.489 e. The van der Waals surface area contributed by atoms with Gasteiger partial charge in [0.05, 0.1) is 0 Å². The summed E-state index contributed by atoms with van der Waals surface area (Å²) in [6, 6.07) is 14.9. The fraction of sp³-hybridized carbons (Fsp3) is 0.133. The highest BCUT2D eigenvalue weighted by molar-refractivity contribution is 6.31. The van der Waals surface area contributed by atoms with Crippen molar-refractivity contribution in [2.45, 2.75) is 13.5 Å². The van der Waals surface area contributed by atoms with Crippen molar-refractivity contribution in [3.63, 3.8) is 0 Å². The lowest BCUT2D eigenvalue weighted by Crippen LogP contribution is -1.98. The van der Waals surface area contributed by atoms with Crippen LogP contribution >= 0.6 is 11.6 Å². The third-order valence-electron chi connectivity index (χ3n) is 2.53. The molecule has 2 aromatic carbocycles. The molecule has 0 saturated carbocycles. The summed E-state index contributed by atoms with van der Waals surface area (Å²) in [6.07, 6.45) is 0. The minimum absolute atomic E-state index is 0.0259. The molecule has 2 rings (SSSR count). The van der Waals surface area contributed by atoms with Gasteiger partial charge in [-0.15, -0.1) is 0 Å². The van der Waals surface area contributed by atoms with E-state index in [4.69, 9.17) is 16.3 Å². The Bertz CT molecular complexity index is 550. The third-order valence-corrected chi connectivity index (χ3v) is 2.74. The number of rotatable bonds is 4. The van der Waals surface area contributed by atoms with Crippen LogP contribution in [-0.2, 0) is 6.61 Å². The van der Waals surface area contributed by atoms with Crippen LogP contribution < -0.4 is 4.74 Å². The number of Topliss-reactive ketones (excluding diaryl/α,β-unsaturated/α-hetero) is 1. The normalized spacial score (nSPS) is 10.1. The van der Waals surface area contributed by atoms with E-state index in [9.17, 15) is 4.79 Å². The van der Waals surface area contributed by atoms with Crippen molar-refractivity contribution >= 4 is 17.4 Å². The van der Waals surface area contributed by atoms with Gasteiger partial charge in [0.25, 0.3) is 0 Å². The number of halogens is 1. The maximum absolute atomic E-state index is 11.3. The van der Waals surface area contributed by atoms with Crippen LogP contribution in [0.4, 0.5) is 0 Å². The van der Waals surface area contributed by atoms with Crippen LogP contribution in [0, 0.1) is 0 Å². The second-order valence-corrected chi connectivity index (χ2v) is 4.44. The first kappa shape index (κ1) is 12.7. The summed E-state index contributed by atoms with van der Waals surface area (Å²) >= 11 is 5.94. The van der Waals surface area contributed by atoms with Crippen molar-refractivity contribution in [2.75, 3.05) is 0 Å². The average molecular weight is 261 g/mol. The lowest BCUT2D eigenvalue weighted by atomic mass is 10.1. The zero-order chi connectivity index (χ0) is 13.0. The first-order chi connectivity index (χ1) is 8.65. The Labute approximate surface area is 111 Å². The SMILES string of the molecule is CC(=O)c1cc(Cl)cc(OCc2ccccc2)c1. The van der Waals surface area contributed by atoms with Crippen molar-refractivity contribution in [3.05, 3.63) is 64.7 Å². The molecule has 18 heavy (non-hydrogen) atoms. The topological polar surface area (TPSA) is 26.3 Å². The van der Waals surface area contributed by atoms with Crippen molar-refractivity contribution in [2.24, 2.45) is 0 Å². The van der Waals surface area contributed by atoms with E-state index in [1.165, 1.54) is 6.92 Å². The standard InChI is InChI=1S/C15H13ClO2/c1-11(17)13-7-14(16)9-15(8-13)18-10-12-5-3-2-4-6-12/h2-9H,10H2,1H3. The van der Waals surface area contributed by atoms with E-state index < -0.39 is 0 Å². The Morgan fingerprint density at radius 1 is 1.17 bits per heavy atom. The second kappa shape index (κ2) is 5.69. The predicted octanol–water partition coefficient (Wildman–Crippen LogP) is 4.12. The van der Waals surface area contributed by atoms with E-state index in [2.05, 4.69) is 0 Å². The molecule has 0 amide bonds. The fourth-order valence-electron chi connectivity index (χ4n) is 1.59. The van der Waals surface area contributed by atoms with E-state index in [0.717, 1.165) is 5.56 Å². The predicted molar refractivity (Wildman–Crippen MR) is 72.2 cm³/mol. The van der Waals surface area contributed by atoms with Crippen molar-refractivity contribution in [1.82, 2.24) is 0 Å². The quantitative estimate of drug-likeness (QED) is 0.773. The van der Waals surface area contributed by atoms with Gasteiger partial charge in [-0.3, -0.25) is 4.79 Å². The summed E-state index contributed by atoms with van der Waals surface area (Å²) in [7, 11) is 0. The average Bonchev–Trinajstić information content (AvgIpc) is 2.37. The summed E-state index contributed by atoms with van der Waals surface area (Å²) in [6.45, 7) is 1.96. The van der Waals surface area contributed by atoms with Gasteiger partial charge in [-0.2, -0.15) is 0 Å². The van der Waals surface area contributed by atoms with Crippen LogP contribution in [-0.4, -0.2) is 5.78 Å². The molecular weight excluding hydrogens is 248 g/mol. The van der Waals surface area contributed by atoms with E-state index in [1.807, 2.05) is 30.3 Å². The van der Waals surface area contributed by atoms with Crippen LogP contribution in [0.15, 0.2) is 48.5 Å². The molecule has 0 unspecified atom stereocenters. The molecule has 0 aliphatic rings. The molecule has 0 saturated heterocycles. The molecule has 3 heteroatoms. The van der Waals surface area contributed by atoms with Crippen LogP contribution in [0.1, 0.15) is 22.8 Å². The molecule has 0 heterocycles. The molecule has 0 atom stereocenters. The van der Waals surface area contributed by atoms with E-state index in [0.29, 0.717) is 22.9 Å². The number of ether oxygens (including phenoxy) is 1. The zero-order valence-corrected chi connectivity index (χ0v) is 10.8. The Morgan fingerprint density at radius 2 is 1.89 bits per heavy atom. The monoisotopic (exact) mass is 260 g/mol.